The topological polar surface area (TPSA) is 56.2 Å². The first-order valence-corrected chi connectivity index (χ1v) is 6.42. The summed E-state index contributed by atoms with van der Waals surface area (Å²) in [5, 5.41) is 0. The lowest BCUT2D eigenvalue weighted by Gasteiger charge is -2.07. The molecule has 2 aromatic heterocycles. The molecule has 0 radical (unpaired) electrons. The molecule has 3 aromatic rings. The van der Waals surface area contributed by atoms with E-state index in [1.807, 2.05) is 17.5 Å². The van der Waals surface area contributed by atoms with Crippen LogP contribution in [-0.4, -0.2) is 14.4 Å². The molecule has 4 nitrogen and oxygen atoms in total. The van der Waals surface area contributed by atoms with Gasteiger partial charge < -0.3 is 5.73 Å². The summed E-state index contributed by atoms with van der Waals surface area (Å²) < 4.78 is 15.5. The first-order chi connectivity index (χ1) is 9.06. The van der Waals surface area contributed by atoms with Crippen LogP contribution in [-0.2, 0) is 0 Å². The van der Waals surface area contributed by atoms with Crippen LogP contribution >= 0.6 is 15.9 Å². The lowest BCUT2D eigenvalue weighted by molar-refractivity contribution is 0.628. The second-order valence-corrected chi connectivity index (χ2v) is 4.97. The number of rotatable bonds is 1. The third-order valence-corrected chi connectivity index (χ3v) is 3.60. The minimum Gasteiger partial charge on any atom is -0.381 e. The standard InChI is InChI=1S/C13H10BrFN4/c1-7-6-19-11(14)12(16)18-10(13(19)17-7)8-2-4-9(15)5-3-8/h2-6H,16H2,1H3. The largest absolute Gasteiger partial charge is 0.381 e. The van der Waals surface area contributed by atoms with E-state index >= 15 is 0 Å². The highest BCUT2D eigenvalue weighted by atomic mass is 79.9. The highest BCUT2D eigenvalue weighted by molar-refractivity contribution is 9.10. The molecule has 0 amide bonds. The average Bonchev–Trinajstić information content (AvgIpc) is 2.77. The maximum absolute atomic E-state index is 13.0. The third-order valence-electron chi connectivity index (χ3n) is 2.81. The van der Waals surface area contributed by atoms with Gasteiger partial charge in [0.2, 0.25) is 0 Å². The Morgan fingerprint density at radius 1 is 1.21 bits per heavy atom. The zero-order valence-corrected chi connectivity index (χ0v) is 11.6. The lowest BCUT2D eigenvalue weighted by Crippen LogP contribution is -2.01. The van der Waals surface area contributed by atoms with Crippen LogP contribution in [0.1, 0.15) is 5.69 Å². The van der Waals surface area contributed by atoms with E-state index in [9.17, 15) is 4.39 Å². The Hall–Kier alpha value is -1.95. The number of aryl methyl sites for hydroxylation is 1. The molecular formula is C13H10BrFN4. The van der Waals surface area contributed by atoms with Crippen molar-refractivity contribution in [2.45, 2.75) is 6.92 Å². The molecule has 0 aliphatic rings. The maximum atomic E-state index is 13.0. The second-order valence-electron chi connectivity index (χ2n) is 4.22. The fraction of sp³-hybridized carbons (Fsp3) is 0.0769. The van der Waals surface area contributed by atoms with E-state index in [1.54, 1.807) is 12.1 Å². The van der Waals surface area contributed by atoms with Crippen LogP contribution in [0.4, 0.5) is 10.2 Å². The van der Waals surface area contributed by atoms with Gasteiger partial charge in [-0.05, 0) is 47.1 Å². The lowest BCUT2D eigenvalue weighted by atomic mass is 10.1. The van der Waals surface area contributed by atoms with Crippen LogP contribution in [0.25, 0.3) is 16.9 Å². The smallest absolute Gasteiger partial charge is 0.164 e. The molecule has 0 spiro atoms. The number of nitrogens with two attached hydrogens (primary N) is 1. The first-order valence-electron chi connectivity index (χ1n) is 5.63. The van der Waals surface area contributed by atoms with Crippen molar-refractivity contribution < 1.29 is 4.39 Å². The number of imidazole rings is 1. The van der Waals surface area contributed by atoms with E-state index in [2.05, 4.69) is 25.9 Å². The van der Waals surface area contributed by atoms with Crippen molar-refractivity contribution in [2.75, 3.05) is 5.73 Å². The Morgan fingerprint density at radius 2 is 1.89 bits per heavy atom. The number of anilines is 1. The maximum Gasteiger partial charge on any atom is 0.164 e. The van der Waals surface area contributed by atoms with Crippen LogP contribution in [0.5, 0.6) is 0 Å². The van der Waals surface area contributed by atoms with Gasteiger partial charge in [-0.3, -0.25) is 4.40 Å². The van der Waals surface area contributed by atoms with Gasteiger partial charge in [0.15, 0.2) is 11.5 Å². The highest BCUT2D eigenvalue weighted by Gasteiger charge is 2.14. The zero-order valence-electron chi connectivity index (χ0n) is 10.1. The second kappa shape index (κ2) is 4.31. The summed E-state index contributed by atoms with van der Waals surface area (Å²) >= 11 is 3.39. The van der Waals surface area contributed by atoms with Gasteiger partial charge in [-0.15, -0.1) is 0 Å². The summed E-state index contributed by atoms with van der Waals surface area (Å²) in [6.45, 7) is 1.89. The Kier molecular flexibility index (Phi) is 2.74. The Labute approximate surface area is 117 Å². The Bertz CT molecular complexity index is 764. The molecule has 0 fully saturated rings. The number of nitrogens with zero attached hydrogens (tertiary/aromatic N) is 3. The van der Waals surface area contributed by atoms with E-state index in [0.717, 1.165) is 11.3 Å². The predicted molar refractivity (Wildman–Crippen MR) is 75.2 cm³/mol. The van der Waals surface area contributed by atoms with Crippen LogP contribution in [0.2, 0.25) is 0 Å². The molecule has 0 bridgehead atoms. The number of aromatic nitrogens is 3. The van der Waals surface area contributed by atoms with E-state index in [0.29, 0.717) is 21.8 Å². The molecule has 3 rings (SSSR count). The molecule has 2 N–H and O–H groups in total. The van der Waals surface area contributed by atoms with Gasteiger partial charge in [0.25, 0.3) is 0 Å². The molecule has 0 atom stereocenters. The molecule has 0 saturated carbocycles. The van der Waals surface area contributed by atoms with Gasteiger partial charge in [0.05, 0.1) is 5.69 Å². The van der Waals surface area contributed by atoms with Gasteiger partial charge in [-0.25, -0.2) is 14.4 Å². The van der Waals surface area contributed by atoms with Crippen molar-refractivity contribution in [3.05, 3.63) is 46.6 Å². The molecule has 0 aliphatic heterocycles. The monoisotopic (exact) mass is 320 g/mol. The molecule has 6 heteroatoms. The summed E-state index contributed by atoms with van der Waals surface area (Å²) in [7, 11) is 0. The molecule has 2 heterocycles. The summed E-state index contributed by atoms with van der Waals surface area (Å²) in [5.74, 6) is 0.0774. The zero-order chi connectivity index (χ0) is 13.6. The highest BCUT2D eigenvalue weighted by Crippen LogP contribution is 2.28. The van der Waals surface area contributed by atoms with Gasteiger partial charge >= 0.3 is 0 Å². The average molecular weight is 321 g/mol. The SMILES string of the molecule is Cc1cn2c(Br)c(N)nc(-c3ccc(F)cc3)c2n1. The Morgan fingerprint density at radius 3 is 2.58 bits per heavy atom. The van der Waals surface area contributed by atoms with Crippen LogP contribution in [0.3, 0.4) is 0 Å². The minimum absolute atomic E-state index is 0.288. The first kappa shape index (κ1) is 12.1. The number of benzene rings is 1. The van der Waals surface area contributed by atoms with Crippen molar-refractivity contribution in [3.8, 4) is 11.3 Å². The van der Waals surface area contributed by atoms with Crippen molar-refractivity contribution >= 4 is 27.4 Å². The van der Waals surface area contributed by atoms with Crippen molar-refractivity contribution in [1.82, 2.24) is 14.4 Å². The normalized spacial score (nSPS) is 11.1. The summed E-state index contributed by atoms with van der Waals surface area (Å²) in [4.78, 5) is 8.77. The third kappa shape index (κ3) is 1.98. The Balaban J connectivity index is 2.34. The van der Waals surface area contributed by atoms with Crippen LogP contribution in [0.15, 0.2) is 35.1 Å². The number of nitrogen functional groups attached to an aromatic ring is 1. The van der Waals surface area contributed by atoms with Crippen molar-refractivity contribution in [1.29, 1.82) is 0 Å². The van der Waals surface area contributed by atoms with Gasteiger partial charge in [-0.2, -0.15) is 0 Å². The molecule has 0 aliphatic carbocycles. The molecule has 19 heavy (non-hydrogen) atoms. The summed E-state index contributed by atoms with van der Waals surface area (Å²) in [5.41, 5.74) is 8.83. The number of halogens is 2. The van der Waals surface area contributed by atoms with Crippen molar-refractivity contribution in [3.63, 3.8) is 0 Å². The molecular weight excluding hydrogens is 311 g/mol. The fourth-order valence-corrected chi connectivity index (χ4v) is 2.31. The van der Waals surface area contributed by atoms with Gasteiger partial charge in [0, 0.05) is 11.8 Å². The van der Waals surface area contributed by atoms with Gasteiger partial charge in [-0.1, -0.05) is 0 Å². The summed E-state index contributed by atoms with van der Waals surface area (Å²) in [6, 6.07) is 6.10. The minimum atomic E-state index is -0.288. The quantitative estimate of drug-likeness (QED) is 0.749. The van der Waals surface area contributed by atoms with Crippen LogP contribution < -0.4 is 5.73 Å². The molecule has 0 saturated heterocycles. The fourth-order valence-electron chi connectivity index (χ4n) is 1.96. The van der Waals surface area contributed by atoms with E-state index < -0.39 is 0 Å². The van der Waals surface area contributed by atoms with E-state index in [-0.39, 0.29) is 5.82 Å². The number of fused-ring (bicyclic) bond motifs is 1. The van der Waals surface area contributed by atoms with Crippen LogP contribution in [0, 0.1) is 12.7 Å². The predicted octanol–water partition coefficient (Wildman–Crippen LogP) is 3.19. The number of hydrogen-bond donors (Lipinski definition) is 1. The van der Waals surface area contributed by atoms with Crippen molar-refractivity contribution in [2.24, 2.45) is 0 Å². The molecule has 1 aromatic carbocycles. The van der Waals surface area contributed by atoms with Gasteiger partial charge in [0.1, 0.15) is 16.1 Å². The molecule has 0 unspecified atom stereocenters. The molecule has 96 valence electrons. The summed E-state index contributed by atoms with van der Waals surface area (Å²) in [6.07, 6.45) is 1.87. The van der Waals surface area contributed by atoms with E-state index in [4.69, 9.17) is 5.73 Å². The number of hydrogen-bond acceptors (Lipinski definition) is 3. The van der Waals surface area contributed by atoms with E-state index in [1.165, 1.54) is 12.1 Å².